The summed E-state index contributed by atoms with van der Waals surface area (Å²) in [6.07, 6.45) is 13.1. The molecular formula is C34H62Cl2N2O6Pt. The number of hydrogen-bond acceptors (Lipinski definition) is 5. The van der Waals surface area contributed by atoms with Crippen molar-refractivity contribution in [1.82, 2.24) is 0 Å². The molecule has 268 valence electrons. The van der Waals surface area contributed by atoms with Crippen LogP contribution in [0.25, 0.3) is 12.3 Å². The summed E-state index contributed by atoms with van der Waals surface area (Å²) in [7, 11) is 9.75. The van der Waals surface area contributed by atoms with Gasteiger partial charge in [0.05, 0.1) is 12.8 Å². The molecule has 0 amide bonds. The monoisotopic (exact) mass is 859 g/mol. The molecule has 0 radical (unpaired) electrons. The fraction of sp³-hybridized carbons (Fsp3) is 0.765. The molecule has 1 aromatic carbocycles. The van der Waals surface area contributed by atoms with Crippen LogP contribution in [0.5, 0.6) is 11.5 Å². The molecule has 1 aromatic rings. The summed E-state index contributed by atoms with van der Waals surface area (Å²) in [5.74, 6) is 2.36. The fourth-order valence-electron chi connectivity index (χ4n) is 5.58. The summed E-state index contributed by atoms with van der Waals surface area (Å²) in [5.41, 5.74) is 2.69. The number of benzene rings is 1. The number of aliphatic hydroxyl groups is 1. The van der Waals surface area contributed by atoms with Crippen LogP contribution in [0.4, 0.5) is 0 Å². The van der Waals surface area contributed by atoms with E-state index in [1.54, 1.807) is 6.92 Å². The number of esters is 1. The normalized spacial score (nSPS) is 16.3. The standard InChI is InChI=1S/C32H52O5.C2H6O.2ClH.2H2N.Pt/c1-22(2)11-8-12-23(3)13-9-14-24(4)15-10-19-32(7)20-18-27-26(6)31(25(5)21-28(27)37-32)36-30(35)17-16-29(33)34;1-2-3;;;;;/h21-24H,8-20H2,1-7H3,(H,33,34);3H,2H2,1H3;2*1H;2*1H2;/q;;;;2*-1;+4/p-2. The minimum Gasteiger partial charge on any atom is -0.693 e. The Bertz CT molecular complexity index is 952. The Labute approximate surface area is 290 Å². The number of hydrogen-bond donors (Lipinski definition) is 2. The summed E-state index contributed by atoms with van der Waals surface area (Å²) in [4.78, 5) is 22.9. The zero-order chi connectivity index (χ0) is 33.0. The number of nitrogens with two attached hydrogens (primary N) is 2. The smallest absolute Gasteiger partial charge is 0.693 e. The minimum absolute atomic E-state index is 0. The van der Waals surface area contributed by atoms with E-state index in [1.165, 1.54) is 51.4 Å². The number of ether oxygens (including phenoxy) is 2. The van der Waals surface area contributed by atoms with Gasteiger partial charge in [-0.3, -0.25) is 9.59 Å². The van der Waals surface area contributed by atoms with Crippen molar-refractivity contribution >= 4 is 30.8 Å². The van der Waals surface area contributed by atoms with Crippen LogP contribution in [-0.2, 0) is 32.5 Å². The van der Waals surface area contributed by atoms with Gasteiger partial charge in [0.15, 0.2) is 0 Å². The van der Waals surface area contributed by atoms with Gasteiger partial charge in [-0.05, 0) is 88.3 Å². The van der Waals surface area contributed by atoms with Crippen LogP contribution >= 0.6 is 18.8 Å². The van der Waals surface area contributed by atoms with Crippen molar-refractivity contribution in [3.63, 3.8) is 0 Å². The van der Waals surface area contributed by atoms with Crippen LogP contribution in [0.1, 0.15) is 135 Å². The third kappa shape index (κ3) is 21.6. The number of aliphatic hydroxyl groups excluding tert-OH is 1. The molecule has 45 heavy (non-hydrogen) atoms. The van der Waals surface area contributed by atoms with E-state index in [2.05, 4.69) is 34.6 Å². The number of rotatable bonds is 16. The Balaban J connectivity index is -0.00000203. The molecule has 1 aliphatic heterocycles. The number of carbonyl (C=O) groups is 2. The summed E-state index contributed by atoms with van der Waals surface area (Å²) in [5, 5.41) is 16.4. The topological polar surface area (TPSA) is 160 Å². The van der Waals surface area contributed by atoms with Crippen molar-refractivity contribution in [1.29, 1.82) is 0 Å². The van der Waals surface area contributed by atoms with Gasteiger partial charge in [0.1, 0.15) is 17.1 Å². The first-order valence-corrected chi connectivity index (χ1v) is 21.5. The van der Waals surface area contributed by atoms with Gasteiger partial charge < -0.3 is 32.0 Å². The zero-order valence-corrected chi connectivity index (χ0v) is 32.7. The molecule has 1 aliphatic rings. The fourth-order valence-corrected chi connectivity index (χ4v) is 5.58. The SMILES string of the molecule is CCO.Cc1cc2c(c(C)c1OC(=O)CCC(=O)O)CCC(C)(CCCC(C)CCCC(C)CCCC(C)C)O2.[Cl][Pt+2][Cl].[NH2-].[NH2-]. The Hall–Kier alpha value is -0.892. The van der Waals surface area contributed by atoms with Gasteiger partial charge in [0.25, 0.3) is 0 Å². The molecule has 0 saturated carbocycles. The maximum absolute atomic E-state index is 12.1. The Morgan fingerprint density at radius 2 is 1.47 bits per heavy atom. The Kier molecular flexibility index (Phi) is 29.2. The molecule has 3 unspecified atom stereocenters. The third-order valence-electron chi connectivity index (χ3n) is 8.09. The number of carbonyl (C=O) groups excluding carboxylic acids is 1. The van der Waals surface area contributed by atoms with Gasteiger partial charge in [0, 0.05) is 12.2 Å². The van der Waals surface area contributed by atoms with E-state index in [9.17, 15) is 9.59 Å². The van der Waals surface area contributed by atoms with E-state index in [-0.39, 0.29) is 37.4 Å². The molecule has 0 aliphatic carbocycles. The molecule has 0 bridgehead atoms. The number of carboxylic acids is 1. The molecule has 0 fully saturated rings. The van der Waals surface area contributed by atoms with Gasteiger partial charge in [-0.25, -0.2) is 0 Å². The summed E-state index contributed by atoms with van der Waals surface area (Å²) < 4.78 is 12.1. The molecule has 6 N–H and O–H groups in total. The molecule has 0 aromatic heterocycles. The quantitative estimate of drug-likeness (QED) is 0.124. The molecule has 2 rings (SSSR count). The van der Waals surface area contributed by atoms with Crippen molar-refractivity contribution in [2.24, 2.45) is 17.8 Å². The second-order valence-corrected chi connectivity index (χ2v) is 16.0. The van der Waals surface area contributed by atoms with E-state index in [0.717, 1.165) is 59.5 Å². The van der Waals surface area contributed by atoms with Crippen LogP contribution in [-0.4, -0.2) is 34.4 Å². The average Bonchev–Trinajstić information content (AvgIpc) is 2.90. The number of halogens is 2. The average molecular weight is 861 g/mol. The predicted octanol–water partition coefficient (Wildman–Crippen LogP) is 11.4. The van der Waals surface area contributed by atoms with Crippen molar-refractivity contribution in [2.45, 2.75) is 144 Å². The maximum Gasteiger partial charge on any atom is -0.693 e. The molecule has 8 nitrogen and oxygen atoms in total. The molecule has 3 atom stereocenters. The Morgan fingerprint density at radius 3 is 1.96 bits per heavy atom. The van der Waals surface area contributed by atoms with E-state index >= 15 is 0 Å². The molecule has 0 saturated heterocycles. The molecule has 0 spiro atoms. The zero-order valence-electron chi connectivity index (χ0n) is 29.0. The van der Waals surface area contributed by atoms with Crippen LogP contribution in [0.15, 0.2) is 6.07 Å². The van der Waals surface area contributed by atoms with Gasteiger partial charge in [-0.15, -0.1) is 0 Å². The first-order valence-electron chi connectivity index (χ1n) is 15.9. The van der Waals surface area contributed by atoms with Crippen LogP contribution < -0.4 is 9.47 Å². The first kappa shape index (κ1) is 48.5. The van der Waals surface area contributed by atoms with Crippen molar-refractivity contribution < 1.29 is 45.8 Å². The molecule has 1 heterocycles. The van der Waals surface area contributed by atoms with Crippen molar-refractivity contribution in [3.05, 3.63) is 35.1 Å². The summed E-state index contributed by atoms with van der Waals surface area (Å²) >= 11 is -0.472. The van der Waals surface area contributed by atoms with Crippen LogP contribution in [0.2, 0.25) is 0 Å². The number of carboxylic acid groups (broad SMARTS) is 1. The maximum atomic E-state index is 12.1. The minimum atomic E-state index is -1.000. The van der Waals surface area contributed by atoms with Gasteiger partial charge in [-0.1, -0.05) is 72.6 Å². The van der Waals surface area contributed by atoms with Crippen LogP contribution in [0, 0.1) is 31.6 Å². The van der Waals surface area contributed by atoms with E-state index in [0.29, 0.717) is 5.75 Å². The Morgan fingerprint density at radius 1 is 0.978 bits per heavy atom. The van der Waals surface area contributed by atoms with E-state index < -0.39 is 28.4 Å². The first-order chi connectivity index (χ1) is 20.2. The van der Waals surface area contributed by atoms with E-state index in [1.807, 2.05) is 19.9 Å². The van der Waals surface area contributed by atoms with Crippen LogP contribution in [0.3, 0.4) is 0 Å². The number of fused-ring (bicyclic) bond motifs is 1. The molecule has 11 heteroatoms. The third-order valence-corrected chi connectivity index (χ3v) is 8.09. The predicted molar refractivity (Wildman–Crippen MR) is 186 cm³/mol. The van der Waals surface area contributed by atoms with Gasteiger partial charge in [-0.2, -0.15) is 0 Å². The number of aryl methyl sites for hydroxylation is 1. The second-order valence-electron chi connectivity index (χ2n) is 12.8. The largest absolute Gasteiger partial charge is 0.693 e. The summed E-state index contributed by atoms with van der Waals surface area (Å²) in [6.45, 7) is 17.5. The van der Waals surface area contributed by atoms with Crippen molar-refractivity contribution in [2.75, 3.05) is 6.61 Å². The molecular weight excluding hydrogens is 798 g/mol. The number of aliphatic carboxylic acids is 1. The van der Waals surface area contributed by atoms with Crippen molar-refractivity contribution in [3.8, 4) is 11.5 Å². The second kappa shape index (κ2) is 27.1. The van der Waals surface area contributed by atoms with Gasteiger partial charge in [0.2, 0.25) is 0 Å². The summed E-state index contributed by atoms with van der Waals surface area (Å²) in [6, 6.07) is 1.98. The van der Waals surface area contributed by atoms with Gasteiger partial charge >= 0.3 is 47.3 Å². The van der Waals surface area contributed by atoms with E-state index in [4.69, 9.17) is 38.5 Å².